The topological polar surface area (TPSA) is 156 Å². The molecule has 0 radical (unpaired) electrons. The monoisotopic (exact) mass is 460 g/mol. The van der Waals surface area contributed by atoms with Crippen molar-refractivity contribution in [2.24, 2.45) is 5.18 Å². The van der Waals surface area contributed by atoms with E-state index in [2.05, 4.69) is 25.1 Å². The summed E-state index contributed by atoms with van der Waals surface area (Å²) in [6, 6.07) is 3.29. The minimum atomic E-state index is -0.534. The lowest BCUT2D eigenvalue weighted by atomic mass is 10.0. The summed E-state index contributed by atoms with van der Waals surface area (Å²) >= 11 is 0. The second kappa shape index (κ2) is 8.54. The van der Waals surface area contributed by atoms with Crippen molar-refractivity contribution < 1.29 is 4.79 Å². The van der Waals surface area contributed by atoms with Gasteiger partial charge >= 0.3 is 5.69 Å². The van der Waals surface area contributed by atoms with E-state index < -0.39 is 11.2 Å². The minimum Gasteiger partial charge on any atom is -0.343 e. The number of H-pyrrole nitrogens is 1. The maximum atomic E-state index is 13.0. The second-order valence-electron chi connectivity index (χ2n) is 8.13. The zero-order chi connectivity index (χ0) is 23.8. The van der Waals surface area contributed by atoms with Crippen molar-refractivity contribution >= 4 is 27.8 Å². The molecule has 1 N–H and O–H groups in total. The largest absolute Gasteiger partial charge is 0.343 e. The highest BCUT2D eigenvalue weighted by Gasteiger charge is 2.26. The number of nitrogens with zero attached hydrogens (tertiary/aromatic N) is 7. The number of amides is 1. The van der Waals surface area contributed by atoms with Crippen molar-refractivity contribution in [2.75, 3.05) is 13.1 Å². The van der Waals surface area contributed by atoms with Crippen LogP contribution in [0.4, 0.5) is 0 Å². The van der Waals surface area contributed by atoms with Gasteiger partial charge in [0, 0.05) is 50.2 Å². The van der Waals surface area contributed by atoms with Crippen molar-refractivity contribution in [3.8, 4) is 11.3 Å². The van der Waals surface area contributed by atoms with Crippen molar-refractivity contribution in [1.29, 1.82) is 0 Å². The molecule has 0 bridgehead atoms. The number of hydrogen-bond acceptors (Lipinski definition) is 9. The zero-order valence-corrected chi connectivity index (χ0v) is 18.3. The van der Waals surface area contributed by atoms with Gasteiger partial charge in [0.25, 0.3) is 5.56 Å². The number of pyridine rings is 2. The van der Waals surface area contributed by atoms with Crippen molar-refractivity contribution in [1.82, 2.24) is 34.4 Å². The van der Waals surface area contributed by atoms with E-state index in [-0.39, 0.29) is 23.9 Å². The molecule has 0 spiro atoms. The van der Waals surface area contributed by atoms with Crippen LogP contribution < -0.4 is 11.2 Å². The van der Waals surface area contributed by atoms with E-state index in [9.17, 15) is 19.3 Å². The molecular formula is C22H20N8O4. The molecule has 12 nitrogen and oxygen atoms in total. The second-order valence-corrected chi connectivity index (χ2v) is 8.13. The van der Waals surface area contributed by atoms with Gasteiger partial charge in [-0.25, -0.2) is 19.7 Å². The van der Waals surface area contributed by atoms with Crippen LogP contribution in [-0.2, 0) is 11.3 Å². The van der Waals surface area contributed by atoms with Crippen LogP contribution in [0, 0.1) is 4.91 Å². The van der Waals surface area contributed by atoms with Crippen molar-refractivity contribution in [2.45, 2.75) is 32.4 Å². The minimum absolute atomic E-state index is 0.00440. The fraction of sp³-hybridized carbons (Fsp3) is 0.318. The molecule has 4 aromatic rings. The molecule has 1 aliphatic rings. The summed E-state index contributed by atoms with van der Waals surface area (Å²) in [5.41, 5.74) is 1.41. The zero-order valence-electron chi connectivity index (χ0n) is 18.3. The van der Waals surface area contributed by atoms with Gasteiger partial charge in [0.2, 0.25) is 5.91 Å². The summed E-state index contributed by atoms with van der Waals surface area (Å²) in [5.74, 6) is 0.291. The Morgan fingerprint density at radius 3 is 2.53 bits per heavy atom. The van der Waals surface area contributed by atoms with E-state index in [0.717, 1.165) is 0 Å². The molecule has 0 aliphatic carbocycles. The molecule has 0 saturated carbocycles. The van der Waals surface area contributed by atoms with Gasteiger partial charge in [-0.05, 0) is 25.0 Å². The average molecular weight is 460 g/mol. The lowest BCUT2D eigenvalue weighted by Gasteiger charge is -2.32. The predicted octanol–water partition coefficient (Wildman–Crippen LogP) is 1.54. The van der Waals surface area contributed by atoms with Crippen molar-refractivity contribution in [3.05, 3.63) is 62.3 Å². The molecule has 0 unspecified atom stereocenters. The molecule has 34 heavy (non-hydrogen) atoms. The van der Waals surface area contributed by atoms with E-state index in [1.807, 2.05) is 0 Å². The third-order valence-corrected chi connectivity index (χ3v) is 6.09. The van der Waals surface area contributed by atoms with Gasteiger partial charge in [-0.2, -0.15) is 4.91 Å². The van der Waals surface area contributed by atoms with Gasteiger partial charge in [0.05, 0.1) is 22.1 Å². The van der Waals surface area contributed by atoms with Crippen LogP contribution in [0.2, 0.25) is 0 Å². The lowest BCUT2D eigenvalue weighted by Crippen LogP contribution is -2.41. The SMILES string of the molecule is CC(=O)N1CCC(n2c(=O)[nH]c(=O)c3cnc4ccc(-c5cnc(CN=O)nc5)nc4c32)CC1. The summed E-state index contributed by atoms with van der Waals surface area (Å²) < 4.78 is 1.57. The molecule has 1 fully saturated rings. The van der Waals surface area contributed by atoms with E-state index in [0.29, 0.717) is 59.6 Å². The summed E-state index contributed by atoms with van der Waals surface area (Å²) in [6.45, 7) is 2.44. The number of aromatic amines is 1. The predicted molar refractivity (Wildman–Crippen MR) is 123 cm³/mol. The van der Waals surface area contributed by atoms with Gasteiger partial charge in [0.15, 0.2) is 5.82 Å². The summed E-state index contributed by atoms with van der Waals surface area (Å²) in [4.78, 5) is 69.3. The Labute approximate surface area is 191 Å². The van der Waals surface area contributed by atoms with Crippen LogP contribution in [0.15, 0.2) is 45.5 Å². The maximum absolute atomic E-state index is 13.0. The third-order valence-electron chi connectivity index (χ3n) is 6.09. The number of aromatic nitrogens is 6. The molecule has 0 atom stereocenters. The Kier molecular flexibility index (Phi) is 5.40. The van der Waals surface area contributed by atoms with Crippen LogP contribution in [-0.4, -0.2) is 53.4 Å². The Morgan fingerprint density at radius 2 is 1.85 bits per heavy atom. The number of piperidine rings is 1. The first kappa shape index (κ1) is 21.5. The first-order valence-corrected chi connectivity index (χ1v) is 10.8. The lowest BCUT2D eigenvalue weighted by molar-refractivity contribution is -0.130. The smallest absolute Gasteiger partial charge is 0.329 e. The highest BCUT2D eigenvalue weighted by molar-refractivity contribution is 6.01. The van der Waals surface area contributed by atoms with E-state index in [4.69, 9.17) is 4.98 Å². The number of hydrogen-bond donors (Lipinski definition) is 1. The van der Waals surface area contributed by atoms with Crippen LogP contribution in [0.25, 0.3) is 33.2 Å². The van der Waals surface area contributed by atoms with Gasteiger partial charge in [-0.1, -0.05) is 5.18 Å². The Balaban J connectivity index is 1.68. The molecule has 1 amide bonds. The van der Waals surface area contributed by atoms with Gasteiger partial charge < -0.3 is 4.90 Å². The Bertz CT molecular complexity index is 1540. The number of carbonyl (C=O) groups is 1. The highest BCUT2D eigenvalue weighted by Crippen LogP contribution is 2.28. The summed E-state index contributed by atoms with van der Waals surface area (Å²) in [5, 5.41) is 3.04. The van der Waals surface area contributed by atoms with Crippen LogP contribution >= 0.6 is 0 Å². The summed E-state index contributed by atoms with van der Waals surface area (Å²) in [7, 11) is 0. The Hall–Kier alpha value is -4.35. The number of rotatable bonds is 4. The first-order valence-electron chi connectivity index (χ1n) is 10.8. The summed E-state index contributed by atoms with van der Waals surface area (Å²) in [6.07, 6.45) is 5.67. The fourth-order valence-electron chi connectivity index (χ4n) is 4.36. The number of nitroso groups, excluding NO2 is 1. The van der Waals surface area contributed by atoms with Gasteiger partial charge in [-0.3, -0.25) is 24.1 Å². The molecule has 0 aromatic carbocycles. The van der Waals surface area contributed by atoms with Crippen LogP contribution in [0.5, 0.6) is 0 Å². The molecule has 1 aliphatic heterocycles. The Morgan fingerprint density at radius 1 is 1.12 bits per heavy atom. The molecular weight excluding hydrogens is 440 g/mol. The van der Waals surface area contributed by atoms with Crippen molar-refractivity contribution in [3.63, 3.8) is 0 Å². The molecule has 12 heteroatoms. The van der Waals surface area contributed by atoms with Crippen LogP contribution in [0.1, 0.15) is 31.6 Å². The standard InChI is InChI=1S/C22H20N8O4/c1-12(31)29-6-4-14(5-7-29)30-20-15(21(32)28-22(30)33)10-23-17-3-2-16(27-19(17)20)13-8-24-18(11-26-34)25-9-13/h2-3,8-10,14H,4-7,11H2,1H3,(H,28,32,33). The van der Waals surface area contributed by atoms with Crippen LogP contribution in [0.3, 0.4) is 0 Å². The number of carbonyl (C=O) groups excluding carboxylic acids is 1. The molecule has 4 aromatic heterocycles. The van der Waals surface area contributed by atoms with E-state index in [1.54, 1.807) is 21.6 Å². The molecule has 5 heterocycles. The first-order chi connectivity index (χ1) is 16.5. The van der Waals surface area contributed by atoms with Gasteiger partial charge in [-0.15, -0.1) is 0 Å². The highest BCUT2D eigenvalue weighted by atomic mass is 16.3. The van der Waals surface area contributed by atoms with E-state index in [1.165, 1.54) is 25.5 Å². The van der Waals surface area contributed by atoms with E-state index >= 15 is 0 Å². The number of likely N-dealkylation sites (tertiary alicyclic amines) is 1. The molecule has 1 saturated heterocycles. The van der Waals surface area contributed by atoms with Gasteiger partial charge in [0.1, 0.15) is 12.1 Å². The number of fused-ring (bicyclic) bond motifs is 3. The maximum Gasteiger partial charge on any atom is 0.329 e. The molecule has 5 rings (SSSR count). The quantitative estimate of drug-likeness (QED) is 0.355. The average Bonchev–Trinajstić information content (AvgIpc) is 2.84. The molecule has 172 valence electrons. The fourth-order valence-corrected chi connectivity index (χ4v) is 4.36. The third kappa shape index (κ3) is 3.72. The number of nitrogens with one attached hydrogen (secondary N) is 1. The normalized spacial score (nSPS) is 14.6.